The van der Waals surface area contributed by atoms with E-state index in [1.165, 1.54) is 6.42 Å². The molecule has 2 aliphatic rings. The second-order valence-corrected chi connectivity index (χ2v) is 5.22. The average Bonchev–Trinajstić information content (AvgIpc) is 2.80. The minimum atomic E-state index is -0.0288. The van der Waals surface area contributed by atoms with Gasteiger partial charge in [0.15, 0.2) is 0 Å². The van der Waals surface area contributed by atoms with Gasteiger partial charge in [0.05, 0.1) is 6.54 Å². The van der Waals surface area contributed by atoms with Crippen LogP contribution in [0.1, 0.15) is 38.5 Å². The maximum atomic E-state index is 11.8. The predicted octanol–water partition coefficient (Wildman–Crippen LogP) is 0.679. The first-order valence-corrected chi connectivity index (χ1v) is 7.03. The van der Waals surface area contributed by atoms with E-state index in [4.69, 9.17) is 0 Å². The lowest BCUT2D eigenvalue weighted by Gasteiger charge is -2.20. The van der Waals surface area contributed by atoms with E-state index in [0.717, 1.165) is 38.8 Å². The van der Waals surface area contributed by atoms with Crippen molar-refractivity contribution < 1.29 is 9.59 Å². The van der Waals surface area contributed by atoms with Crippen molar-refractivity contribution >= 4 is 24.2 Å². The fourth-order valence-corrected chi connectivity index (χ4v) is 2.60. The molecule has 2 N–H and O–H groups in total. The van der Waals surface area contributed by atoms with Crippen molar-refractivity contribution in [3.63, 3.8) is 0 Å². The lowest BCUT2D eigenvalue weighted by Crippen LogP contribution is -2.44. The molecule has 0 aliphatic carbocycles. The van der Waals surface area contributed by atoms with Crippen LogP contribution < -0.4 is 10.6 Å². The summed E-state index contributed by atoms with van der Waals surface area (Å²) in [7, 11) is 0. The third-order valence-electron chi connectivity index (χ3n) is 3.71. The molecule has 2 aliphatic heterocycles. The van der Waals surface area contributed by atoms with Gasteiger partial charge in [-0.2, -0.15) is 0 Å². The Labute approximate surface area is 120 Å². The van der Waals surface area contributed by atoms with E-state index in [1.54, 1.807) is 4.90 Å². The van der Waals surface area contributed by atoms with Crippen LogP contribution in [0.5, 0.6) is 0 Å². The lowest BCUT2D eigenvalue weighted by molar-refractivity contribution is -0.135. The quantitative estimate of drug-likeness (QED) is 0.800. The molecule has 2 amide bonds. The van der Waals surface area contributed by atoms with Crippen LogP contribution >= 0.6 is 12.4 Å². The first-order chi connectivity index (χ1) is 8.75. The standard InChI is InChI=1S/C13H23N3O2.ClH/c17-12(15-9-11-5-4-7-14-11)10-16-8-3-1-2-6-13(16)18;/h11,14H,1-10H2,(H,15,17);1H. The highest BCUT2D eigenvalue weighted by molar-refractivity contribution is 5.85. The van der Waals surface area contributed by atoms with Gasteiger partial charge in [0.2, 0.25) is 11.8 Å². The van der Waals surface area contributed by atoms with Crippen molar-refractivity contribution in [2.75, 3.05) is 26.2 Å². The van der Waals surface area contributed by atoms with Gasteiger partial charge in [-0.15, -0.1) is 12.4 Å². The fourth-order valence-electron chi connectivity index (χ4n) is 2.60. The number of nitrogens with one attached hydrogen (secondary N) is 2. The van der Waals surface area contributed by atoms with Gasteiger partial charge >= 0.3 is 0 Å². The van der Waals surface area contributed by atoms with Crippen LogP contribution in [-0.2, 0) is 9.59 Å². The Bertz CT molecular complexity index is 306. The zero-order valence-corrected chi connectivity index (χ0v) is 12.1. The predicted molar refractivity (Wildman–Crippen MR) is 76.3 cm³/mol. The number of halogens is 1. The molecule has 2 saturated heterocycles. The molecule has 0 bridgehead atoms. The van der Waals surface area contributed by atoms with Crippen LogP contribution in [0.2, 0.25) is 0 Å². The van der Waals surface area contributed by atoms with Crippen LogP contribution in [0.3, 0.4) is 0 Å². The molecule has 2 fully saturated rings. The molecule has 0 aromatic rings. The van der Waals surface area contributed by atoms with Crippen molar-refractivity contribution in [1.82, 2.24) is 15.5 Å². The fraction of sp³-hybridized carbons (Fsp3) is 0.846. The Kier molecular flexibility index (Phi) is 7.16. The van der Waals surface area contributed by atoms with Crippen molar-refractivity contribution in [1.29, 1.82) is 0 Å². The molecule has 0 radical (unpaired) electrons. The van der Waals surface area contributed by atoms with E-state index >= 15 is 0 Å². The lowest BCUT2D eigenvalue weighted by atomic mass is 10.2. The van der Waals surface area contributed by atoms with E-state index in [1.807, 2.05) is 0 Å². The minimum absolute atomic E-state index is 0. The molecule has 2 rings (SSSR count). The summed E-state index contributed by atoms with van der Waals surface area (Å²) in [6.07, 6.45) is 5.98. The van der Waals surface area contributed by atoms with Gasteiger partial charge < -0.3 is 15.5 Å². The van der Waals surface area contributed by atoms with Crippen LogP contribution in [0.4, 0.5) is 0 Å². The Morgan fingerprint density at radius 2 is 2.16 bits per heavy atom. The molecule has 1 unspecified atom stereocenters. The van der Waals surface area contributed by atoms with Crippen LogP contribution in [-0.4, -0.2) is 48.9 Å². The number of hydrogen-bond donors (Lipinski definition) is 2. The monoisotopic (exact) mass is 289 g/mol. The zero-order valence-electron chi connectivity index (χ0n) is 11.3. The molecule has 1 atom stereocenters. The van der Waals surface area contributed by atoms with Crippen LogP contribution in [0.15, 0.2) is 0 Å². The Hall–Kier alpha value is -0.810. The molecule has 2 heterocycles. The highest BCUT2D eigenvalue weighted by Gasteiger charge is 2.20. The second kappa shape index (κ2) is 8.38. The van der Waals surface area contributed by atoms with E-state index in [2.05, 4.69) is 10.6 Å². The Balaban J connectivity index is 0.00000180. The summed E-state index contributed by atoms with van der Waals surface area (Å²) in [5, 5.41) is 6.26. The molecule has 110 valence electrons. The Morgan fingerprint density at radius 3 is 2.89 bits per heavy atom. The smallest absolute Gasteiger partial charge is 0.239 e. The number of likely N-dealkylation sites (tertiary alicyclic amines) is 1. The zero-order chi connectivity index (χ0) is 12.8. The summed E-state index contributed by atoms with van der Waals surface area (Å²) < 4.78 is 0. The second-order valence-electron chi connectivity index (χ2n) is 5.22. The highest BCUT2D eigenvalue weighted by Crippen LogP contribution is 2.10. The molecule has 0 saturated carbocycles. The van der Waals surface area contributed by atoms with E-state index in [9.17, 15) is 9.59 Å². The van der Waals surface area contributed by atoms with Gasteiger partial charge in [-0.3, -0.25) is 9.59 Å². The third kappa shape index (κ3) is 5.37. The van der Waals surface area contributed by atoms with Crippen molar-refractivity contribution in [2.45, 2.75) is 44.6 Å². The summed E-state index contributed by atoms with van der Waals surface area (Å²) in [5.41, 5.74) is 0. The van der Waals surface area contributed by atoms with Crippen molar-refractivity contribution in [2.24, 2.45) is 0 Å². The van der Waals surface area contributed by atoms with E-state index in [0.29, 0.717) is 19.0 Å². The van der Waals surface area contributed by atoms with E-state index < -0.39 is 0 Å². The molecule has 5 nitrogen and oxygen atoms in total. The van der Waals surface area contributed by atoms with Crippen LogP contribution in [0, 0.1) is 0 Å². The van der Waals surface area contributed by atoms with Gasteiger partial charge in [0.1, 0.15) is 0 Å². The molecule has 0 aromatic carbocycles. The first kappa shape index (κ1) is 16.2. The third-order valence-corrected chi connectivity index (χ3v) is 3.71. The molecule has 0 spiro atoms. The SMILES string of the molecule is Cl.O=C(CN1CCCCCC1=O)NCC1CCCN1. The van der Waals surface area contributed by atoms with Gasteiger partial charge in [0.25, 0.3) is 0 Å². The Morgan fingerprint density at radius 1 is 1.32 bits per heavy atom. The van der Waals surface area contributed by atoms with E-state index in [-0.39, 0.29) is 30.8 Å². The summed E-state index contributed by atoms with van der Waals surface area (Å²) in [5.74, 6) is 0.0978. The summed E-state index contributed by atoms with van der Waals surface area (Å²) in [6, 6.07) is 0.411. The van der Waals surface area contributed by atoms with Crippen molar-refractivity contribution in [3.05, 3.63) is 0 Å². The number of amides is 2. The average molecular weight is 290 g/mol. The molecule has 19 heavy (non-hydrogen) atoms. The van der Waals surface area contributed by atoms with Gasteiger partial charge in [-0.05, 0) is 32.2 Å². The first-order valence-electron chi connectivity index (χ1n) is 7.03. The number of hydrogen-bond acceptors (Lipinski definition) is 3. The van der Waals surface area contributed by atoms with Gasteiger partial charge in [-0.1, -0.05) is 6.42 Å². The number of carbonyl (C=O) groups excluding carboxylic acids is 2. The molecular formula is C13H24ClN3O2. The molecule has 6 heteroatoms. The maximum absolute atomic E-state index is 11.8. The summed E-state index contributed by atoms with van der Waals surface area (Å²) >= 11 is 0. The normalized spacial score (nSPS) is 23.7. The molecular weight excluding hydrogens is 266 g/mol. The van der Waals surface area contributed by atoms with Gasteiger partial charge in [0, 0.05) is 25.6 Å². The van der Waals surface area contributed by atoms with Gasteiger partial charge in [-0.25, -0.2) is 0 Å². The topological polar surface area (TPSA) is 61.4 Å². The summed E-state index contributed by atoms with van der Waals surface area (Å²) in [4.78, 5) is 25.2. The largest absolute Gasteiger partial charge is 0.353 e. The van der Waals surface area contributed by atoms with Crippen molar-refractivity contribution in [3.8, 4) is 0 Å². The number of nitrogens with zero attached hydrogens (tertiary/aromatic N) is 1. The highest BCUT2D eigenvalue weighted by atomic mass is 35.5. The number of rotatable bonds is 4. The molecule has 0 aromatic heterocycles. The minimum Gasteiger partial charge on any atom is -0.353 e. The summed E-state index contributed by atoms with van der Waals surface area (Å²) in [6.45, 7) is 2.69. The maximum Gasteiger partial charge on any atom is 0.239 e. The van der Waals surface area contributed by atoms with Crippen LogP contribution in [0.25, 0.3) is 0 Å². The number of carbonyl (C=O) groups is 2.